The summed E-state index contributed by atoms with van der Waals surface area (Å²) < 4.78 is 5.23. The standard InChI is InChI=1S/C20H33N5O3.ClH/c1-20(2,3)16-10-18(28-24-16)23-17(26)13-25-9-5-6-14(12-25)11-22-19(27)15-7-4-8-21-15;/h10,14-15,21H,4-9,11-13H2,1-3H3,(H,22,27)(H,23,26);1H. The zero-order valence-corrected chi connectivity index (χ0v) is 18.4. The number of rotatable bonds is 6. The molecule has 2 fully saturated rings. The van der Waals surface area contributed by atoms with E-state index in [2.05, 4.69) is 26.0 Å². The Morgan fingerprint density at radius 3 is 2.76 bits per heavy atom. The van der Waals surface area contributed by atoms with E-state index in [1.165, 1.54) is 0 Å². The van der Waals surface area contributed by atoms with Crippen LogP contribution in [-0.2, 0) is 15.0 Å². The van der Waals surface area contributed by atoms with Gasteiger partial charge in [-0.1, -0.05) is 25.9 Å². The number of hydrogen-bond acceptors (Lipinski definition) is 6. The predicted octanol–water partition coefficient (Wildman–Crippen LogP) is 1.91. The van der Waals surface area contributed by atoms with Gasteiger partial charge < -0.3 is 15.2 Å². The summed E-state index contributed by atoms with van der Waals surface area (Å²) in [5, 5.41) is 13.1. The lowest BCUT2D eigenvalue weighted by molar-refractivity contribution is -0.123. The van der Waals surface area contributed by atoms with Gasteiger partial charge in [0.2, 0.25) is 17.7 Å². The summed E-state index contributed by atoms with van der Waals surface area (Å²) in [7, 11) is 0. The number of anilines is 1. The smallest absolute Gasteiger partial charge is 0.240 e. The Labute approximate surface area is 178 Å². The molecule has 2 aliphatic rings. The van der Waals surface area contributed by atoms with Crippen LogP contribution in [-0.4, -0.2) is 60.6 Å². The maximum Gasteiger partial charge on any atom is 0.240 e. The van der Waals surface area contributed by atoms with Gasteiger partial charge in [0.05, 0.1) is 18.3 Å². The van der Waals surface area contributed by atoms with Crippen LogP contribution in [0, 0.1) is 5.92 Å². The zero-order valence-electron chi connectivity index (χ0n) is 17.6. The molecule has 164 valence electrons. The van der Waals surface area contributed by atoms with Crippen LogP contribution in [0.25, 0.3) is 0 Å². The molecule has 0 spiro atoms. The number of piperidine rings is 1. The molecule has 3 heterocycles. The van der Waals surface area contributed by atoms with E-state index in [0.29, 0.717) is 24.9 Å². The van der Waals surface area contributed by atoms with Gasteiger partial charge in [0.15, 0.2) is 0 Å². The van der Waals surface area contributed by atoms with Crippen molar-refractivity contribution in [3.05, 3.63) is 11.8 Å². The maximum absolute atomic E-state index is 12.4. The number of aromatic nitrogens is 1. The fourth-order valence-corrected chi connectivity index (χ4v) is 3.81. The van der Waals surface area contributed by atoms with Crippen LogP contribution >= 0.6 is 12.4 Å². The van der Waals surface area contributed by atoms with Gasteiger partial charge in [0.1, 0.15) is 0 Å². The summed E-state index contributed by atoms with van der Waals surface area (Å²) >= 11 is 0. The summed E-state index contributed by atoms with van der Waals surface area (Å²) in [5.41, 5.74) is 0.693. The Kier molecular flexibility index (Phi) is 8.48. The normalized spacial score (nSPS) is 22.7. The lowest BCUT2D eigenvalue weighted by Gasteiger charge is -2.32. The maximum atomic E-state index is 12.4. The minimum atomic E-state index is -0.120. The first kappa shape index (κ1) is 23.6. The van der Waals surface area contributed by atoms with Crippen molar-refractivity contribution >= 4 is 30.1 Å². The van der Waals surface area contributed by atoms with Crippen LogP contribution in [0.2, 0.25) is 0 Å². The zero-order chi connectivity index (χ0) is 20.1. The fourth-order valence-electron chi connectivity index (χ4n) is 3.81. The highest BCUT2D eigenvalue weighted by Crippen LogP contribution is 2.23. The van der Waals surface area contributed by atoms with Gasteiger partial charge in [-0.2, -0.15) is 0 Å². The van der Waals surface area contributed by atoms with E-state index in [0.717, 1.165) is 51.0 Å². The van der Waals surface area contributed by atoms with Gasteiger partial charge in [-0.15, -0.1) is 12.4 Å². The van der Waals surface area contributed by atoms with Gasteiger partial charge in [-0.25, -0.2) is 0 Å². The first-order chi connectivity index (χ1) is 13.3. The Morgan fingerprint density at radius 1 is 1.31 bits per heavy atom. The molecule has 29 heavy (non-hydrogen) atoms. The highest BCUT2D eigenvalue weighted by molar-refractivity contribution is 5.91. The molecule has 2 amide bonds. The third-order valence-corrected chi connectivity index (χ3v) is 5.45. The molecule has 3 rings (SSSR count). The Morgan fingerprint density at radius 2 is 2.10 bits per heavy atom. The van der Waals surface area contributed by atoms with Crippen molar-refractivity contribution in [3.8, 4) is 0 Å². The van der Waals surface area contributed by atoms with E-state index in [9.17, 15) is 9.59 Å². The quantitative estimate of drug-likeness (QED) is 0.641. The van der Waals surface area contributed by atoms with E-state index < -0.39 is 0 Å². The summed E-state index contributed by atoms with van der Waals surface area (Å²) in [6.45, 7) is 9.77. The van der Waals surface area contributed by atoms with Gasteiger partial charge in [0, 0.05) is 24.6 Å². The van der Waals surface area contributed by atoms with Gasteiger partial charge >= 0.3 is 0 Å². The Hall–Kier alpha value is -1.64. The first-order valence-corrected chi connectivity index (χ1v) is 10.3. The van der Waals surface area contributed by atoms with Crippen molar-refractivity contribution in [2.24, 2.45) is 5.92 Å². The van der Waals surface area contributed by atoms with Crippen LogP contribution in [0.3, 0.4) is 0 Å². The lowest BCUT2D eigenvalue weighted by Crippen LogP contribution is -2.46. The second kappa shape index (κ2) is 10.4. The van der Waals surface area contributed by atoms with Gasteiger partial charge in [-0.05, 0) is 44.7 Å². The number of nitrogens with one attached hydrogen (secondary N) is 3. The SMILES string of the molecule is CC(C)(C)c1cc(NC(=O)CN2CCCC(CNC(=O)C3CCCN3)C2)on1.Cl. The number of likely N-dealkylation sites (tertiary alicyclic amines) is 1. The third-order valence-electron chi connectivity index (χ3n) is 5.45. The number of nitrogens with zero attached hydrogens (tertiary/aromatic N) is 2. The molecule has 0 aromatic carbocycles. The molecule has 2 atom stereocenters. The summed E-state index contributed by atoms with van der Waals surface area (Å²) in [6, 6.07) is 1.74. The van der Waals surface area contributed by atoms with Gasteiger partial charge in [-0.3, -0.25) is 19.8 Å². The number of amides is 2. The minimum Gasteiger partial charge on any atom is -0.354 e. The van der Waals surface area contributed by atoms with Crippen molar-refractivity contribution < 1.29 is 14.1 Å². The average Bonchev–Trinajstić information content (AvgIpc) is 3.31. The van der Waals surface area contributed by atoms with Crippen LogP contribution in [0.1, 0.15) is 52.1 Å². The van der Waals surface area contributed by atoms with Crippen molar-refractivity contribution in [2.75, 3.05) is 38.0 Å². The van der Waals surface area contributed by atoms with Crippen LogP contribution in [0.4, 0.5) is 5.88 Å². The van der Waals surface area contributed by atoms with Crippen LogP contribution in [0.15, 0.2) is 10.6 Å². The van der Waals surface area contributed by atoms with E-state index >= 15 is 0 Å². The van der Waals surface area contributed by atoms with E-state index in [-0.39, 0.29) is 35.7 Å². The Bertz CT molecular complexity index is 682. The first-order valence-electron chi connectivity index (χ1n) is 10.3. The molecule has 2 saturated heterocycles. The fraction of sp³-hybridized carbons (Fsp3) is 0.750. The molecule has 0 saturated carbocycles. The van der Waals surface area contributed by atoms with E-state index in [1.807, 2.05) is 20.8 Å². The summed E-state index contributed by atoms with van der Waals surface area (Å²) in [4.78, 5) is 26.7. The molecule has 0 aliphatic carbocycles. The molecule has 2 aliphatic heterocycles. The number of carbonyl (C=O) groups excluding carboxylic acids is 2. The molecule has 0 radical (unpaired) electrons. The van der Waals surface area contributed by atoms with Crippen LogP contribution < -0.4 is 16.0 Å². The molecular formula is C20H34ClN5O3. The summed E-state index contributed by atoms with van der Waals surface area (Å²) in [5.74, 6) is 0.772. The number of hydrogen-bond donors (Lipinski definition) is 3. The highest BCUT2D eigenvalue weighted by atomic mass is 35.5. The molecule has 1 aromatic heterocycles. The second-order valence-electron chi connectivity index (χ2n) is 9.01. The number of halogens is 1. The van der Waals surface area contributed by atoms with E-state index in [4.69, 9.17) is 4.52 Å². The highest BCUT2D eigenvalue weighted by Gasteiger charge is 2.26. The predicted molar refractivity (Wildman–Crippen MR) is 114 cm³/mol. The molecule has 3 N–H and O–H groups in total. The molecule has 8 nitrogen and oxygen atoms in total. The average molecular weight is 428 g/mol. The van der Waals surface area contributed by atoms with Crippen molar-refractivity contribution in [2.45, 2.75) is 57.9 Å². The molecule has 1 aromatic rings. The largest absolute Gasteiger partial charge is 0.354 e. The summed E-state index contributed by atoms with van der Waals surface area (Å²) in [6.07, 6.45) is 4.09. The second-order valence-corrected chi connectivity index (χ2v) is 9.01. The lowest BCUT2D eigenvalue weighted by atomic mass is 9.92. The molecule has 2 unspecified atom stereocenters. The monoisotopic (exact) mass is 427 g/mol. The van der Waals surface area contributed by atoms with E-state index in [1.54, 1.807) is 6.07 Å². The molecular weight excluding hydrogens is 394 g/mol. The van der Waals surface area contributed by atoms with Crippen molar-refractivity contribution in [3.63, 3.8) is 0 Å². The number of carbonyl (C=O) groups is 2. The van der Waals surface area contributed by atoms with Crippen LogP contribution in [0.5, 0.6) is 0 Å². The minimum absolute atomic E-state index is 0. The Balaban J connectivity index is 0.00000300. The topological polar surface area (TPSA) is 99.5 Å². The molecule has 9 heteroatoms. The van der Waals surface area contributed by atoms with Crippen molar-refractivity contribution in [1.29, 1.82) is 0 Å². The third kappa shape index (κ3) is 6.97. The van der Waals surface area contributed by atoms with Gasteiger partial charge in [0.25, 0.3) is 0 Å². The van der Waals surface area contributed by atoms with Crippen molar-refractivity contribution in [1.82, 2.24) is 20.7 Å². The molecule has 0 bridgehead atoms.